The third kappa shape index (κ3) is 3.16. The predicted octanol–water partition coefficient (Wildman–Crippen LogP) is 2.58. The van der Waals surface area contributed by atoms with Crippen LogP contribution in [0.4, 0.5) is 0 Å². The molecule has 2 aliphatic rings. The van der Waals surface area contributed by atoms with E-state index in [0.717, 1.165) is 24.6 Å². The van der Waals surface area contributed by atoms with E-state index in [1.807, 2.05) is 6.07 Å². The lowest BCUT2D eigenvalue weighted by Gasteiger charge is -2.38. The molecule has 0 saturated carbocycles. The second-order valence-corrected chi connectivity index (χ2v) is 6.34. The Balaban J connectivity index is 1.73. The molecule has 0 bridgehead atoms. The molecule has 1 saturated heterocycles. The third-order valence-corrected chi connectivity index (χ3v) is 4.83. The number of nitrogens with zero attached hydrogens (tertiary/aromatic N) is 1. The smallest absolute Gasteiger partial charge is 0.161 e. The van der Waals surface area contributed by atoms with Crippen molar-refractivity contribution < 1.29 is 9.47 Å². The van der Waals surface area contributed by atoms with E-state index in [9.17, 15) is 0 Å². The number of likely N-dealkylation sites (tertiary alicyclic amines) is 1. The van der Waals surface area contributed by atoms with E-state index in [-0.39, 0.29) is 6.04 Å². The lowest BCUT2D eigenvalue weighted by Crippen LogP contribution is -2.43. The van der Waals surface area contributed by atoms with Crippen molar-refractivity contribution in [3.8, 4) is 11.5 Å². The number of hydrogen-bond acceptors (Lipinski definition) is 4. The maximum absolute atomic E-state index is 6.10. The summed E-state index contributed by atoms with van der Waals surface area (Å²) in [7, 11) is 0. The maximum Gasteiger partial charge on any atom is 0.161 e. The molecule has 4 heteroatoms. The summed E-state index contributed by atoms with van der Waals surface area (Å²) >= 11 is 0. The van der Waals surface area contributed by atoms with Crippen LogP contribution < -0.4 is 15.2 Å². The number of benzene rings is 1. The van der Waals surface area contributed by atoms with Crippen LogP contribution in [0.15, 0.2) is 18.2 Å². The van der Waals surface area contributed by atoms with Gasteiger partial charge < -0.3 is 15.2 Å². The highest BCUT2D eigenvalue weighted by Gasteiger charge is 2.27. The minimum atomic E-state index is 0.278. The lowest BCUT2D eigenvalue weighted by atomic mass is 9.90. The van der Waals surface area contributed by atoms with E-state index in [2.05, 4.69) is 30.9 Å². The first kappa shape index (κ1) is 14.7. The van der Waals surface area contributed by atoms with Crippen LogP contribution >= 0.6 is 0 Å². The van der Waals surface area contributed by atoms with Crippen LogP contribution in [-0.4, -0.2) is 37.2 Å². The van der Waals surface area contributed by atoms with Gasteiger partial charge in [0.2, 0.25) is 0 Å². The topological polar surface area (TPSA) is 47.7 Å². The van der Waals surface area contributed by atoms with Crippen molar-refractivity contribution in [3.63, 3.8) is 0 Å². The summed E-state index contributed by atoms with van der Waals surface area (Å²) in [5, 5.41) is 0. The van der Waals surface area contributed by atoms with Crippen molar-refractivity contribution >= 4 is 0 Å². The fraction of sp³-hybridized carbons (Fsp3) is 0.647. The van der Waals surface area contributed by atoms with Gasteiger partial charge in [-0.1, -0.05) is 6.07 Å². The average Bonchev–Trinajstić information content (AvgIpc) is 2.53. The minimum absolute atomic E-state index is 0.278. The zero-order valence-corrected chi connectivity index (χ0v) is 13.0. The zero-order chi connectivity index (χ0) is 14.8. The van der Waals surface area contributed by atoms with Crippen molar-refractivity contribution in [2.75, 3.05) is 26.3 Å². The van der Waals surface area contributed by atoms with Gasteiger partial charge in [-0.05, 0) is 56.8 Å². The fourth-order valence-electron chi connectivity index (χ4n) is 3.35. The molecule has 3 rings (SSSR count). The van der Waals surface area contributed by atoms with Crippen molar-refractivity contribution in [3.05, 3.63) is 23.8 Å². The normalized spacial score (nSPS) is 25.4. The first-order valence-corrected chi connectivity index (χ1v) is 8.04. The fourth-order valence-corrected chi connectivity index (χ4v) is 3.35. The van der Waals surface area contributed by atoms with Crippen LogP contribution in [-0.2, 0) is 0 Å². The summed E-state index contributed by atoms with van der Waals surface area (Å²) in [4.78, 5) is 2.54. The molecule has 3 atom stereocenters. The Morgan fingerprint density at radius 3 is 2.71 bits per heavy atom. The van der Waals surface area contributed by atoms with Gasteiger partial charge >= 0.3 is 0 Å². The van der Waals surface area contributed by atoms with E-state index in [0.29, 0.717) is 25.2 Å². The number of rotatable bonds is 3. The van der Waals surface area contributed by atoms with E-state index in [1.165, 1.54) is 18.4 Å². The number of piperidine rings is 1. The average molecular weight is 290 g/mol. The second kappa shape index (κ2) is 6.24. The molecule has 0 radical (unpaired) electrons. The standard InChI is InChI=1S/C17H26N2O2/c1-12(18)15-4-3-7-19(11-15)13(2)14-5-6-16-17(10-14)21-9-8-20-16/h5-6,10,12-13,15H,3-4,7-9,11,18H2,1-2H3. The third-order valence-electron chi connectivity index (χ3n) is 4.83. The quantitative estimate of drug-likeness (QED) is 0.929. The highest BCUT2D eigenvalue weighted by Crippen LogP contribution is 2.35. The van der Waals surface area contributed by atoms with Gasteiger partial charge in [0.15, 0.2) is 11.5 Å². The molecule has 1 aromatic carbocycles. The Kier molecular flexibility index (Phi) is 4.36. The molecule has 1 aromatic rings. The van der Waals surface area contributed by atoms with Crippen LogP contribution in [0.2, 0.25) is 0 Å². The molecule has 0 aromatic heterocycles. The van der Waals surface area contributed by atoms with Gasteiger partial charge in [0, 0.05) is 18.6 Å². The summed E-state index contributed by atoms with van der Waals surface area (Å²) in [6.45, 7) is 7.93. The Labute approximate surface area is 127 Å². The van der Waals surface area contributed by atoms with Crippen LogP contribution in [0, 0.1) is 5.92 Å². The van der Waals surface area contributed by atoms with Crippen LogP contribution in [0.3, 0.4) is 0 Å². The van der Waals surface area contributed by atoms with Gasteiger partial charge in [0.25, 0.3) is 0 Å². The molecule has 2 aliphatic heterocycles. The molecule has 116 valence electrons. The van der Waals surface area contributed by atoms with Gasteiger partial charge in [-0.2, -0.15) is 0 Å². The molecule has 2 N–H and O–H groups in total. The van der Waals surface area contributed by atoms with E-state index in [4.69, 9.17) is 15.2 Å². The minimum Gasteiger partial charge on any atom is -0.486 e. The van der Waals surface area contributed by atoms with Gasteiger partial charge in [-0.15, -0.1) is 0 Å². The monoisotopic (exact) mass is 290 g/mol. The van der Waals surface area contributed by atoms with Crippen molar-refractivity contribution in [1.82, 2.24) is 4.90 Å². The largest absolute Gasteiger partial charge is 0.486 e. The van der Waals surface area contributed by atoms with Crippen molar-refractivity contribution in [1.29, 1.82) is 0 Å². The summed E-state index contributed by atoms with van der Waals surface area (Å²) in [5.74, 6) is 2.36. The molecule has 4 nitrogen and oxygen atoms in total. The molecular weight excluding hydrogens is 264 g/mol. The number of ether oxygens (including phenoxy) is 2. The molecular formula is C17H26N2O2. The zero-order valence-electron chi connectivity index (χ0n) is 13.0. The van der Waals surface area contributed by atoms with Gasteiger partial charge in [0.05, 0.1) is 0 Å². The van der Waals surface area contributed by atoms with Crippen LogP contribution in [0.25, 0.3) is 0 Å². The molecule has 21 heavy (non-hydrogen) atoms. The Bertz CT molecular complexity index is 490. The van der Waals surface area contributed by atoms with E-state index in [1.54, 1.807) is 0 Å². The van der Waals surface area contributed by atoms with Crippen molar-refractivity contribution in [2.24, 2.45) is 11.7 Å². The van der Waals surface area contributed by atoms with Crippen molar-refractivity contribution in [2.45, 2.75) is 38.8 Å². The lowest BCUT2D eigenvalue weighted by molar-refractivity contribution is 0.121. The first-order chi connectivity index (χ1) is 10.1. The Morgan fingerprint density at radius 2 is 1.95 bits per heavy atom. The Hall–Kier alpha value is -1.26. The summed E-state index contributed by atoms with van der Waals surface area (Å²) in [5.41, 5.74) is 7.39. The van der Waals surface area contributed by atoms with Crippen LogP contribution in [0.5, 0.6) is 11.5 Å². The molecule has 0 aliphatic carbocycles. The molecule has 0 spiro atoms. The summed E-state index contributed by atoms with van der Waals surface area (Å²) in [6, 6.07) is 7.00. The SMILES string of the molecule is CC(N)C1CCCN(C(C)c2ccc3c(c2)OCCO3)C1. The highest BCUT2D eigenvalue weighted by atomic mass is 16.6. The number of nitrogens with two attached hydrogens (primary N) is 1. The van der Waals surface area contributed by atoms with Gasteiger partial charge in [-0.3, -0.25) is 4.90 Å². The van der Waals surface area contributed by atoms with E-state index >= 15 is 0 Å². The Morgan fingerprint density at radius 1 is 1.19 bits per heavy atom. The second-order valence-electron chi connectivity index (χ2n) is 6.34. The van der Waals surface area contributed by atoms with Gasteiger partial charge in [-0.25, -0.2) is 0 Å². The summed E-state index contributed by atoms with van der Waals surface area (Å²) in [6.07, 6.45) is 2.49. The molecule has 0 amide bonds. The highest BCUT2D eigenvalue weighted by molar-refractivity contribution is 5.44. The summed E-state index contributed by atoms with van der Waals surface area (Å²) < 4.78 is 11.3. The maximum atomic E-state index is 6.10. The number of fused-ring (bicyclic) bond motifs is 1. The molecule has 1 fully saturated rings. The first-order valence-electron chi connectivity index (χ1n) is 8.04. The molecule has 2 heterocycles. The predicted molar refractivity (Wildman–Crippen MR) is 83.8 cm³/mol. The van der Waals surface area contributed by atoms with Crippen LogP contribution in [0.1, 0.15) is 38.3 Å². The van der Waals surface area contributed by atoms with Gasteiger partial charge in [0.1, 0.15) is 13.2 Å². The number of hydrogen-bond donors (Lipinski definition) is 1. The molecule has 3 unspecified atom stereocenters. The van der Waals surface area contributed by atoms with E-state index < -0.39 is 0 Å².